The van der Waals surface area contributed by atoms with E-state index in [0.29, 0.717) is 45.6 Å². The number of nitrogens with zero attached hydrogens (tertiary/aromatic N) is 2. The molecule has 2 heterocycles. The fourth-order valence-electron chi connectivity index (χ4n) is 4.34. The quantitative estimate of drug-likeness (QED) is 0.525. The topological polar surface area (TPSA) is 65.6 Å². The third-order valence-electron chi connectivity index (χ3n) is 6.39. The predicted octanol–water partition coefficient (Wildman–Crippen LogP) is 4.25. The maximum atomic E-state index is 12.8. The van der Waals surface area contributed by atoms with Gasteiger partial charge in [-0.3, -0.25) is 9.59 Å². The van der Waals surface area contributed by atoms with Gasteiger partial charge >= 0.3 is 0 Å². The second-order valence-corrected chi connectivity index (χ2v) is 8.87. The fraction of sp³-hybridized carbons (Fsp3) is 0.407. The van der Waals surface area contributed by atoms with Crippen LogP contribution in [-0.2, 0) is 16.0 Å². The van der Waals surface area contributed by atoms with Crippen molar-refractivity contribution in [3.8, 4) is 5.75 Å². The van der Waals surface area contributed by atoms with Crippen molar-refractivity contribution >= 4 is 22.7 Å². The van der Waals surface area contributed by atoms with Crippen LogP contribution in [0.1, 0.15) is 36.0 Å². The average Bonchev–Trinajstić information content (AvgIpc) is 3.23. The summed E-state index contributed by atoms with van der Waals surface area (Å²) in [5.41, 5.74) is 4.39. The molecule has 1 N–H and O–H groups in total. The number of hydrogen-bond acceptors (Lipinski definition) is 3. The minimum absolute atomic E-state index is 0.121. The Morgan fingerprint density at radius 1 is 0.939 bits per heavy atom. The summed E-state index contributed by atoms with van der Waals surface area (Å²) in [6, 6.07) is 14.2. The molecule has 0 saturated carbocycles. The van der Waals surface area contributed by atoms with Crippen molar-refractivity contribution in [3.05, 3.63) is 65.4 Å². The number of benzene rings is 2. The molecule has 6 heteroatoms. The maximum Gasteiger partial charge on any atom is 0.227 e. The molecule has 0 atom stereocenters. The molecule has 1 aliphatic heterocycles. The monoisotopic (exact) mass is 447 g/mol. The molecule has 1 aliphatic rings. The minimum atomic E-state index is 0.121. The van der Waals surface area contributed by atoms with Crippen molar-refractivity contribution in [1.82, 2.24) is 14.8 Å². The number of H-pyrrole nitrogens is 1. The second kappa shape index (κ2) is 10.6. The Labute approximate surface area is 195 Å². The van der Waals surface area contributed by atoms with E-state index in [9.17, 15) is 9.59 Å². The van der Waals surface area contributed by atoms with Crippen molar-refractivity contribution in [2.24, 2.45) is 0 Å². The molecule has 1 fully saturated rings. The van der Waals surface area contributed by atoms with Gasteiger partial charge in [-0.2, -0.15) is 0 Å². The van der Waals surface area contributed by atoms with Crippen molar-refractivity contribution in [3.63, 3.8) is 0 Å². The van der Waals surface area contributed by atoms with Gasteiger partial charge in [0, 0.05) is 49.7 Å². The molecule has 4 rings (SSSR count). The van der Waals surface area contributed by atoms with Crippen molar-refractivity contribution in [2.45, 2.75) is 39.5 Å². The van der Waals surface area contributed by atoms with Crippen LogP contribution in [-0.4, -0.2) is 59.4 Å². The molecule has 0 spiro atoms. The lowest BCUT2D eigenvalue weighted by atomic mass is 10.1. The number of fused-ring (bicyclic) bond motifs is 1. The van der Waals surface area contributed by atoms with E-state index in [2.05, 4.69) is 30.1 Å². The van der Waals surface area contributed by atoms with Crippen LogP contribution in [0.3, 0.4) is 0 Å². The smallest absolute Gasteiger partial charge is 0.227 e. The van der Waals surface area contributed by atoms with E-state index >= 15 is 0 Å². The zero-order valence-electron chi connectivity index (χ0n) is 19.6. The van der Waals surface area contributed by atoms with E-state index in [-0.39, 0.29) is 11.8 Å². The number of carbonyl (C=O) groups is 2. The van der Waals surface area contributed by atoms with Crippen LogP contribution in [0.4, 0.5) is 0 Å². The summed E-state index contributed by atoms with van der Waals surface area (Å²) < 4.78 is 5.88. The Hall–Kier alpha value is -3.28. The van der Waals surface area contributed by atoms with Crippen LogP contribution in [0.25, 0.3) is 10.9 Å². The lowest BCUT2D eigenvalue weighted by Gasteiger charge is -2.35. The summed E-state index contributed by atoms with van der Waals surface area (Å²) in [5.74, 6) is 1.22. The van der Waals surface area contributed by atoms with E-state index in [4.69, 9.17) is 4.74 Å². The summed E-state index contributed by atoms with van der Waals surface area (Å²) in [4.78, 5) is 32.4. The van der Waals surface area contributed by atoms with Gasteiger partial charge in [-0.1, -0.05) is 30.3 Å². The van der Waals surface area contributed by atoms with Crippen LogP contribution >= 0.6 is 0 Å². The summed E-state index contributed by atoms with van der Waals surface area (Å²) in [6.45, 7) is 7.14. The Bertz CT molecular complexity index is 1110. The van der Waals surface area contributed by atoms with Gasteiger partial charge in [0.1, 0.15) is 5.75 Å². The summed E-state index contributed by atoms with van der Waals surface area (Å²) >= 11 is 0. The van der Waals surface area contributed by atoms with Gasteiger partial charge in [0.25, 0.3) is 0 Å². The van der Waals surface area contributed by atoms with Crippen LogP contribution < -0.4 is 4.74 Å². The zero-order valence-corrected chi connectivity index (χ0v) is 19.6. The zero-order chi connectivity index (χ0) is 23.2. The van der Waals surface area contributed by atoms with Gasteiger partial charge in [-0.15, -0.1) is 0 Å². The molecular formula is C27H33N3O3. The maximum absolute atomic E-state index is 12.8. The lowest BCUT2D eigenvalue weighted by molar-refractivity contribution is -0.139. The number of unbranched alkanes of at least 4 members (excludes halogenated alkanes) is 1. The number of hydrogen-bond donors (Lipinski definition) is 1. The summed E-state index contributed by atoms with van der Waals surface area (Å²) in [7, 11) is 0. The molecule has 0 unspecified atom stereocenters. The molecule has 33 heavy (non-hydrogen) atoms. The number of nitrogens with one attached hydrogen (secondary N) is 1. The highest BCUT2D eigenvalue weighted by molar-refractivity contribution is 5.89. The predicted molar refractivity (Wildman–Crippen MR) is 130 cm³/mol. The van der Waals surface area contributed by atoms with Crippen molar-refractivity contribution in [2.75, 3.05) is 32.8 Å². The number of carbonyl (C=O) groups excluding carboxylic acids is 2. The summed E-state index contributed by atoms with van der Waals surface area (Å²) in [6.07, 6.45) is 4.50. The van der Waals surface area contributed by atoms with E-state index < -0.39 is 0 Å². The van der Waals surface area contributed by atoms with Gasteiger partial charge in [0.15, 0.2) is 0 Å². The first kappa shape index (κ1) is 22.9. The van der Waals surface area contributed by atoms with E-state index in [1.165, 1.54) is 5.56 Å². The number of rotatable bonds is 8. The number of amides is 2. The van der Waals surface area contributed by atoms with Gasteiger partial charge in [-0.05, 0) is 55.5 Å². The molecule has 0 bridgehead atoms. The van der Waals surface area contributed by atoms with E-state index in [0.717, 1.165) is 40.6 Å². The first-order chi connectivity index (χ1) is 16.0. The number of aromatic nitrogens is 1. The number of aryl methyl sites for hydroxylation is 2. The molecule has 2 aromatic carbocycles. The van der Waals surface area contributed by atoms with E-state index in [1.807, 2.05) is 47.2 Å². The molecule has 1 saturated heterocycles. The number of piperazine rings is 1. The number of aromatic amines is 1. The standard InChI is InChI=1S/C27H33N3O3/c1-20-10-11-21(2)25(17-20)33-16-6-5-9-26(31)29-12-14-30(15-13-29)27(32)18-22-19-28-24-8-4-3-7-23(22)24/h3-4,7-8,10-11,17,19,28H,5-6,9,12-16,18H2,1-2H3. The van der Waals surface area contributed by atoms with Crippen LogP contribution in [0, 0.1) is 13.8 Å². The average molecular weight is 448 g/mol. The molecular weight excluding hydrogens is 414 g/mol. The molecule has 3 aromatic rings. The fourth-order valence-corrected chi connectivity index (χ4v) is 4.34. The Morgan fingerprint density at radius 3 is 2.45 bits per heavy atom. The summed E-state index contributed by atoms with van der Waals surface area (Å²) in [5, 5.41) is 1.10. The number of ether oxygens (including phenoxy) is 1. The van der Waals surface area contributed by atoms with Crippen LogP contribution in [0.15, 0.2) is 48.7 Å². The highest BCUT2D eigenvalue weighted by Crippen LogP contribution is 2.20. The molecule has 0 radical (unpaired) electrons. The van der Waals surface area contributed by atoms with Gasteiger partial charge < -0.3 is 19.5 Å². The first-order valence-electron chi connectivity index (χ1n) is 11.8. The molecule has 6 nitrogen and oxygen atoms in total. The third kappa shape index (κ3) is 5.75. The third-order valence-corrected chi connectivity index (χ3v) is 6.39. The van der Waals surface area contributed by atoms with Crippen LogP contribution in [0.5, 0.6) is 5.75 Å². The van der Waals surface area contributed by atoms with Gasteiger partial charge in [-0.25, -0.2) is 0 Å². The van der Waals surface area contributed by atoms with Gasteiger partial charge in [0.2, 0.25) is 11.8 Å². The normalized spacial score (nSPS) is 14.0. The second-order valence-electron chi connectivity index (χ2n) is 8.87. The molecule has 1 aromatic heterocycles. The Kier molecular flexibility index (Phi) is 7.33. The highest BCUT2D eigenvalue weighted by Gasteiger charge is 2.24. The molecule has 174 valence electrons. The van der Waals surface area contributed by atoms with Crippen molar-refractivity contribution in [1.29, 1.82) is 0 Å². The molecule has 0 aliphatic carbocycles. The lowest BCUT2D eigenvalue weighted by Crippen LogP contribution is -2.50. The Morgan fingerprint density at radius 2 is 1.67 bits per heavy atom. The first-order valence-corrected chi connectivity index (χ1v) is 11.8. The SMILES string of the molecule is Cc1ccc(C)c(OCCCCC(=O)N2CCN(C(=O)Cc3c[nH]c4ccccc34)CC2)c1. The Balaban J connectivity index is 1.16. The number of para-hydroxylation sites is 1. The van der Waals surface area contributed by atoms with Crippen molar-refractivity contribution < 1.29 is 14.3 Å². The van der Waals surface area contributed by atoms with Crippen LogP contribution in [0.2, 0.25) is 0 Å². The largest absolute Gasteiger partial charge is 0.493 e. The highest BCUT2D eigenvalue weighted by atomic mass is 16.5. The molecule has 2 amide bonds. The minimum Gasteiger partial charge on any atom is -0.493 e. The van der Waals surface area contributed by atoms with Gasteiger partial charge in [0.05, 0.1) is 13.0 Å². The van der Waals surface area contributed by atoms with E-state index in [1.54, 1.807) is 0 Å².